The predicted octanol–water partition coefficient (Wildman–Crippen LogP) is 5.83. The van der Waals surface area contributed by atoms with Crippen molar-refractivity contribution in [2.75, 3.05) is 14.2 Å². The molecule has 6 heteroatoms. The molecule has 170 valence electrons. The standard InChI is InChI=1S/C23H44O5Si/c1-7-8-12-15-20(24)18-19-21(26-2)22(28-29(4,5)6)16-13-10-9-11-14-17-23(25)27-3/h18-19,21-22H,7-17H2,1-6H3. The normalized spacial score (nSPS) is 14.1. The molecular weight excluding hydrogens is 384 g/mol. The minimum absolute atomic E-state index is 0.0265. The molecule has 0 aliphatic heterocycles. The van der Waals surface area contributed by atoms with Crippen molar-refractivity contribution in [3.63, 3.8) is 0 Å². The fourth-order valence-corrected chi connectivity index (χ4v) is 4.34. The maximum Gasteiger partial charge on any atom is 0.305 e. The molecule has 0 rings (SSSR count). The molecule has 0 aliphatic rings. The van der Waals surface area contributed by atoms with Gasteiger partial charge in [-0.05, 0) is 51.1 Å². The van der Waals surface area contributed by atoms with E-state index in [4.69, 9.17) is 9.16 Å². The molecule has 0 fully saturated rings. The van der Waals surface area contributed by atoms with Gasteiger partial charge in [-0.15, -0.1) is 0 Å². The zero-order valence-electron chi connectivity index (χ0n) is 19.6. The monoisotopic (exact) mass is 428 g/mol. The van der Waals surface area contributed by atoms with Crippen LogP contribution in [-0.4, -0.2) is 46.5 Å². The number of rotatable bonds is 18. The van der Waals surface area contributed by atoms with Crippen LogP contribution < -0.4 is 0 Å². The van der Waals surface area contributed by atoms with Crippen molar-refractivity contribution in [3.8, 4) is 0 Å². The third-order valence-corrected chi connectivity index (χ3v) is 5.75. The Morgan fingerprint density at radius 1 is 0.897 bits per heavy atom. The molecule has 0 N–H and O–H groups in total. The molecule has 0 aromatic heterocycles. The Bertz CT molecular complexity index is 470. The van der Waals surface area contributed by atoms with E-state index in [2.05, 4.69) is 31.3 Å². The quantitative estimate of drug-likeness (QED) is 0.119. The van der Waals surface area contributed by atoms with E-state index in [1.807, 2.05) is 6.08 Å². The van der Waals surface area contributed by atoms with E-state index in [1.54, 1.807) is 13.2 Å². The molecule has 0 aromatic carbocycles. The summed E-state index contributed by atoms with van der Waals surface area (Å²) in [6.45, 7) is 8.68. The summed E-state index contributed by atoms with van der Waals surface area (Å²) in [5.74, 6) is 0.0328. The lowest BCUT2D eigenvalue weighted by atomic mass is 10.0. The van der Waals surface area contributed by atoms with Crippen LogP contribution in [0.1, 0.15) is 77.6 Å². The second-order valence-electron chi connectivity index (χ2n) is 8.63. The Hall–Kier alpha value is -0.983. The third kappa shape index (κ3) is 16.5. The molecule has 29 heavy (non-hydrogen) atoms. The van der Waals surface area contributed by atoms with Crippen molar-refractivity contribution in [2.24, 2.45) is 0 Å². The SMILES string of the molecule is CCCCCC(=O)C=CC(OC)C(CCCCCCCC(=O)OC)O[Si](C)(C)C. The Balaban J connectivity index is 4.52. The Morgan fingerprint density at radius 2 is 1.52 bits per heavy atom. The van der Waals surface area contributed by atoms with Gasteiger partial charge in [0.15, 0.2) is 14.1 Å². The van der Waals surface area contributed by atoms with Crippen LogP contribution in [0.2, 0.25) is 19.6 Å². The molecule has 0 radical (unpaired) electrons. The van der Waals surface area contributed by atoms with E-state index >= 15 is 0 Å². The minimum Gasteiger partial charge on any atom is -0.469 e. The van der Waals surface area contributed by atoms with Gasteiger partial charge in [-0.2, -0.15) is 0 Å². The first kappa shape index (κ1) is 28.0. The van der Waals surface area contributed by atoms with Crippen molar-refractivity contribution >= 4 is 20.1 Å². The van der Waals surface area contributed by atoms with Gasteiger partial charge in [0.05, 0.1) is 13.2 Å². The van der Waals surface area contributed by atoms with Gasteiger partial charge in [0.25, 0.3) is 0 Å². The summed E-state index contributed by atoms with van der Waals surface area (Å²) in [5.41, 5.74) is 0. The highest BCUT2D eigenvalue weighted by atomic mass is 28.4. The Labute approximate surface area is 179 Å². The lowest BCUT2D eigenvalue weighted by molar-refractivity contribution is -0.140. The Kier molecular flexibility index (Phi) is 16.2. The van der Waals surface area contributed by atoms with Gasteiger partial charge in [0.2, 0.25) is 0 Å². The second kappa shape index (κ2) is 16.8. The molecule has 0 saturated heterocycles. The van der Waals surface area contributed by atoms with Crippen LogP contribution in [-0.2, 0) is 23.5 Å². The van der Waals surface area contributed by atoms with Crippen molar-refractivity contribution in [3.05, 3.63) is 12.2 Å². The number of unbranched alkanes of at least 4 members (excludes halogenated alkanes) is 6. The Morgan fingerprint density at radius 3 is 2.10 bits per heavy atom. The van der Waals surface area contributed by atoms with Crippen LogP contribution in [0.4, 0.5) is 0 Å². The van der Waals surface area contributed by atoms with Crippen LogP contribution in [0.3, 0.4) is 0 Å². The average molecular weight is 429 g/mol. The van der Waals surface area contributed by atoms with Gasteiger partial charge in [0.1, 0.15) is 6.10 Å². The number of hydrogen-bond donors (Lipinski definition) is 0. The van der Waals surface area contributed by atoms with Gasteiger partial charge in [-0.1, -0.05) is 45.4 Å². The van der Waals surface area contributed by atoms with E-state index < -0.39 is 8.32 Å². The third-order valence-electron chi connectivity index (χ3n) is 4.74. The van der Waals surface area contributed by atoms with E-state index in [0.717, 1.165) is 57.8 Å². The molecule has 0 heterocycles. The first-order chi connectivity index (χ1) is 13.7. The van der Waals surface area contributed by atoms with Crippen LogP contribution >= 0.6 is 0 Å². The van der Waals surface area contributed by atoms with Crippen molar-refractivity contribution < 1.29 is 23.5 Å². The van der Waals surface area contributed by atoms with Crippen LogP contribution in [0.5, 0.6) is 0 Å². The molecular formula is C23H44O5Si. The molecule has 2 unspecified atom stereocenters. The highest BCUT2D eigenvalue weighted by Gasteiger charge is 2.26. The summed E-state index contributed by atoms with van der Waals surface area (Å²) in [6.07, 6.45) is 13.7. The summed E-state index contributed by atoms with van der Waals surface area (Å²) >= 11 is 0. The van der Waals surface area contributed by atoms with Gasteiger partial charge in [-0.25, -0.2) is 0 Å². The molecule has 0 amide bonds. The average Bonchev–Trinajstić information content (AvgIpc) is 2.66. The number of carbonyl (C=O) groups excluding carboxylic acids is 2. The molecule has 0 bridgehead atoms. The number of methoxy groups -OCH3 is 2. The van der Waals surface area contributed by atoms with Gasteiger partial charge >= 0.3 is 5.97 Å². The summed E-state index contributed by atoms with van der Waals surface area (Å²) in [7, 11) is 1.39. The maximum absolute atomic E-state index is 12.1. The highest BCUT2D eigenvalue weighted by Crippen LogP contribution is 2.20. The number of esters is 1. The van der Waals surface area contributed by atoms with Gasteiger partial charge in [0, 0.05) is 20.0 Å². The predicted molar refractivity (Wildman–Crippen MR) is 122 cm³/mol. The molecule has 2 atom stereocenters. The number of allylic oxidation sites excluding steroid dienone is 1. The van der Waals surface area contributed by atoms with Crippen LogP contribution in [0.25, 0.3) is 0 Å². The maximum atomic E-state index is 12.1. The second-order valence-corrected chi connectivity index (χ2v) is 13.1. The molecule has 0 aliphatic carbocycles. The molecule has 0 aromatic rings. The van der Waals surface area contributed by atoms with Crippen molar-refractivity contribution in [2.45, 2.75) is 109 Å². The summed E-state index contributed by atoms with van der Waals surface area (Å²) in [5, 5.41) is 0. The number of carbonyl (C=O) groups is 2. The molecule has 0 spiro atoms. The zero-order chi connectivity index (χ0) is 22.1. The van der Waals surface area contributed by atoms with E-state index in [1.165, 1.54) is 7.11 Å². The smallest absolute Gasteiger partial charge is 0.305 e. The molecule has 0 saturated carbocycles. The zero-order valence-corrected chi connectivity index (χ0v) is 20.6. The summed E-state index contributed by atoms with van der Waals surface area (Å²) in [6, 6.07) is 0. The van der Waals surface area contributed by atoms with Crippen molar-refractivity contribution in [1.29, 1.82) is 0 Å². The topological polar surface area (TPSA) is 61.8 Å². The van der Waals surface area contributed by atoms with Crippen LogP contribution in [0, 0.1) is 0 Å². The highest BCUT2D eigenvalue weighted by molar-refractivity contribution is 6.69. The fraction of sp³-hybridized carbons (Fsp3) is 0.826. The number of ether oxygens (including phenoxy) is 2. The largest absolute Gasteiger partial charge is 0.469 e. The molecule has 5 nitrogen and oxygen atoms in total. The fourth-order valence-electron chi connectivity index (χ4n) is 3.18. The van der Waals surface area contributed by atoms with Gasteiger partial charge in [-0.3, -0.25) is 9.59 Å². The lowest BCUT2D eigenvalue weighted by Crippen LogP contribution is -2.39. The minimum atomic E-state index is -1.73. The van der Waals surface area contributed by atoms with E-state index in [9.17, 15) is 9.59 Å². The lowest BCUT2D eigenvalue weighted by Gasteiger charge is -2.30. The summed E-state index contributed by atoms with van der Waals surface area (Å²) < 4.78 is 16.7. The first-order valence-electron chi connectivity index (χ1n) is 11.2. The van der Waals surface area contributed by atoms with E-state index in [-0.39, 0.29) is 24.0 Å². The first-order valence-corrected chi connectivity index (χ1v) is 14.6. The van der Waals surface area contributed by atoms with Crippen molar-refractivity contribution in [1.82, 2.24) is 0 Å². The summed E-state index contributed by atoms with van der Waals surface area (Å²) in [4.78, 5) is 23.2. The van der Waals surface area contributed by atoms with Crippen LogP contribution in [0.15, 0.2) is 12.2 Å². The van der Waals surface area contributed by atoms with E-state index in [0.29, 0.717) is 12.8 Å². The number of ketones is 1. The number of hydrogen-bond acceptors (Lipinski definition) is 5. The van der Waals surface area contributed by atoms with Gasteiger partial charge < -0.3 is 13.9 Å².